The van der Waals surface area contributed by atoms with Gasteiger partial charge >= 0.3 is 0 Å². The molecule has 1 aromatic carbocycles. The fraction of sp³-hybridized carbons (Fsp3) is 0.588. The van der Waals surface area contributed by atoms with E-state index in [0.29, 0.717) is 23.7 Å². The van der Waals surface area contributed by atoms with Gasteiger partial charge in [0.15, 0.2) is 0 Å². The summed E-state index contributed by atoms with van der Waals surface area (Å²) in [4.78, 5) is 12.5. The number of carbonyl (C=O) groups excluding carboxylic acids is 1. The molecule has 1 aliphatic carbocycles. The molecule has 4 N–H and O–H groups in total. The maximum atomic E-state index is 12.5. The van der Waals surface area contributed by atoms with Crippen LogP contribution in [0.3, 0.4) is 0 Å². The Bertz CT molecular complexity index is 682. The van der Waals surface area contributed by atoms with E-state index in [9.17, 15) is 13.2 Å². The monoisotopic (exact) mass is 353 g/mol. The number of rotatable bonds is 6. The van der Waals surface area contributed by atoms with Crippen LogP contribution in [-0.2, 0) is 10.0 Å². The van der Waals surface area contributed by atoms with E-state index in [-0.39, 0.29) is 11.9 Å². The normalized spacial score (nSPS) is 17.3. The molecular formula is C17H27N3O3S. The number of sulfonamides is 1. The molecule has 0 heterocycles. The lowest BCUT2D eigenvalue weighted by atomic mass is 9.84. The van der Waals surface area contributed by atoms with Crippen LogP contribution in [0.1, 0.15) is 48.0 Å². The summed E-state index contributed by atoms with van der Waals surface area (Å²) in [5.74, 6) is 0.208. The van der Waals surface area contributed by atoms with Crippen LogP contribution in [0, 0.1) is 12.8 Å². The molecule has 7 heteroatoms. The van der Waals surface area contributed by atoms with Gasteiger partial charge in [0.05, 0.1) is 11.9 Å². The Kier molecular flexibility index (Phi) is 6.23. The topological polar surface area (TPSA) is 101 Å². The predicted octanol–water partition coefficient (Wildman–Crippen LogP) is 2.00. The van der Waals surface area contributed by atoms with Crippen molar-refractivity contribution < 1.29 is 13.2 Å². The molecule has 1 atom stereocenters. The zero-order valence-electron chi connectivity index (χ0n) is 14.3. The molecule has 2 rings (SSSR count). The van der Waals surface area contributed by atoms with E-state index in [1.165, 1.54) is 19.3 Å². The zero-order chi connectivity index (χ0) is 17.7. The molecule has 1 aliphatic rings. The fourth-order valence-electron chi connectivity index (χ4n) is 3.23. The Morgan fingerprint density at radius 2 is 1.96 bits per heavy atom. The number of nitrogens with two attached hydrogens (primary N) is 1. The van der Waals surface area contributed by atoms with Gasteiger partial charge in [-0.3, -0.25) is 9.52 Å². The number of nitrogens with one attached hydrogen (secondary N) is 2. The molecule has 0 radical (unpaired) electrons. The lowest BCUT2D eigenvalue weighted by Crippen LogP contribution is -2.45. The van der Waals surface area contributed by atoms with E-state index >= 15 is 0 Å². The van der Waals surface area contributed by atoms with E-state index in [4.69, 9.17) is 5.73 Å². The van der Waals surface area contributed by atoms with Crippen molar-refractivity contribution in [2.45, 2.75) is 45.1 Å². The van der Waals surface area contributed by atoms with E-state index in [1.807, 2.05) is 0 Å². The van der Waals surface area contributed by atoms with Gasteiger partial charge in [0.25, 0.3) is 5.91 Å². The molecular weight excluding hydrogens is 326 g/mol. The molecule has 24 heavy (non-hydrogen) atoms. The van der Waals surface area contributed by atoms with Crippen LogP contribution in [-0.4, -0.2) is 33.2 Å². The van der Waals surface area contributed by atoms with Gasteiger partial charge in [-0.15, -0.1) is 0 Å². The van der Waals surface area contributed by atoms with Gasteiger partial charge in [0, 0.05) is 18.2 Å². The first kappa shape index (κ1) is 18.7. The van der Waals surface area contributed by atoms with E-state index in [2.05, 4.69) is 10.0 Å². The van der Waals surface area contributed by atoms with Gasteiger partial charge in [-0.2, -0.15) is 0 Å². The van der Waals surface area contributed by atoms with Crippen molar-refractivity contribution in [3.63, 3.8) is 0 Å². The number of benzene rings is 1. The second-order valence-electron chi connectivity index (χ2n) is 6.62. The molecule has 6 nitrogen and oxygen atoms in total. The van der Waals surface area contributed by atoms with Crippen molar-refractivity contribution in [2.75, 3.05) is 17.5 Å². The van der Waals surface area contributed by atoms with Crippen LogP contribution in [0.25, 0.3) is 0 Å². The van der Waals surface area contributed by atoms with Crippen molar-refractivity contribution in [2.24, 2.45) is 11.7 Å². The zero-order valence-corrected chi connectivity index (χ0v) is 15.2. The lowest BCUT2D eigenvalue weighted by molar-refractivity contribution is 0.0915. The summed E-state index contributed by atoms with van der Waals surface area (Å²) in [5.41, 5.74) is 7.48. The first-order valence-electron chi connectivity index (χ1n) is 8.39. The maximum Gasteiger partial charge on any atom is 0.251 e. The van der Waals surface area contributed by atoms with Crippen molar-refractivity contribution in [1.82, 2.24) is 5.32 Å². The van der Waals surface area contributed by atoms with Crippen LogP contribution < -0.4 is 15.8 Å². The second-order valence-corrected chi connectivity index (χ2v) is 8.37. The van der Waals surface area contributed by atoms with Crippen molar-refractivity contribution in [3.8, 4) is 0 Å². The molecule has 1 aromatic rings. The largest absolute Gasteiger partial charge is 0.348 e. The first-order chi connectivity index (χ1) is 11.3. The Morgan fingerprint density at radius 1 is 1.29 bits per heavy atom. The smallest absolute Gasteiger partial charge is 0.251 e. The van der Waals surface area contributed by atoms with Gasteiger partial charge in [0.1, 0.15) is 0 Å². The van der Waals surface area contributed by atoms with E-state index in [1.54, 1.807) is 25.1 Å². The van der Waals surface area contributed by atoms with Crippen LogP contribution in [0.2, 0.25) is 0 Å². The van der Waals surface area contributed by atoms with Crippen LogP contribution in [0.4, 0.5) is 5.69 Å². The number of carbonyl (C=O) groups is 1. The predicted molar refractivity (Wildman–Crippen MR) is 96.5 cm³/mol. The molecule has 0 aliphatic heterocycles. The second kappa shape index (κ2) is 7.98. The van der Waals surface area contributed by atoms with Gasteiger partial charge in [-0.25, -0.2) is 8.42 Å². The van der Waals surface area contributed by atoms with Gasteiger partial charge in [0.2, 0.25) is 10.0 Å². The number of hydrogen-bond acceptors (Lipinski definition) is 4. The summed E-state index contributed by atoms with van der Waals surface area (Å²) in [6.07, 6.45) is 6.90. The number of hydrogen-bond donors (Lipinski definition) is 3. The molecule has 1 unspecified atom stereocenters. The maximum absolute atomic E-state index is 12.5. The molecule has 0 spiro atoms. The Morgan fingerprint density at radius 3 is 2.54 bits per heavy atom. The van der Waals surface area contributed by atoms with Gasteiger partial charge < -0.3 is 11.1 Å². The molecule has 1 fully saturated rings. The highest BCUT2D eigenvalue weighted by Gasteiger charge is 2.24. The SMILES string of the molecule is Cc1ccc(C(=O)NC(CN)C2CCCCC2)cc1NS(C)(=O)=O. The number of aryl methyl sites for hydroxylation is 1. The van der Waals surface area contributed by atoms with E-state index in [0.717, 1.165) is 24.7 Å². The molecule has 0 bridgehead atoms. The minimum atomic E-state index is -3.39. The van der Waals surface area contributed by atoms with E-state index < -0.39 is 10.0 Å². The molecule has 0 aromatic heterocycles. The molecule has 1 saturated carbocycles. The van der Waals surface area contributed by atoms with Crippen molar-refractivity contribution >= 4 is 21.6 Å². The summed E-state index contributed by atoms with van der Waals surface area (Å²) < 4.78 is 25.3. The summed E-state index contributed by atoms with van der Waals surface area (Å²) in [6.45, 7) is 2.20. The number of anilines is 1. The Hall–Kier alpha value is -1.60. The summed E-state index contributed by atoms with van der Waals surface area (Å²) >= 11 is 0. The minimum absolute atomic E-state index is 0.0366. The van der Waals surface area contributed by atoms with Gasteiger partial charge in [-0.05, 0) is 43.4 Å². The molecule has 0 saturated heterocycles. The Balaban J connectivity index is 2.12. The lowest BCUT2D eigenvalue weighted by Gasteiger charge is -2.30. The summed E-state index contributed by atoms with van der Waals surface area (Å²) in [6, 6.07) is 4.97. The third-order valence-corrected chi connectivity index (χ3v) is 5.18. The quantitative estimate of drug-likeness (QED) is 0.728. The molecule has 134 valence electrons. The average molecular weight is 353 g/mol. The summed E-state index contributed by atoms with van der Waals surface area (Å²) in [7, 11) is -3.39. The third kappa shape index (κ3) is 5.21. The summed E-state index contributed by atoms with van der Waals surface area (Å²) in [5, 5.41) is 3.02. The standard InChI is InChI=1S/C17H27N3O3S/c1-12-8-9-14(10-15(12)20-24(2,22)23)17(21)19-16(11-18)13-6-4-3-5-7-13/h8-10,13,16,20H,3-7,11,18H2,1-2H3,(H,19,21). The average Bonchev–Trinajstić information content (AvgIpc) is 2.54. The van der Waals surface area contributed by atoms with Crippen LogP contribution >= 0.6 is 0 Å². The van der Waals surface area contributed by atoms with Crippen LogP contribution in [0.5, 0.6) is 0 Å². The Labute approximate surface area is 144 Å². The fourth-order valence-corrected chi connectivity index (χ4v) is 3.85. The first-order valence-corrected chi connectivity index (χ1v) is 10.3. The number of amides is 1. The van der Waals surface area contributed by atoms with Crippen LogP contribution in [0.15, 0.2) is 18.2 Å². The third-order valence-electron chi connectivity index (χ3n) is 4.58. The van der Waals surface area contributed by atoms with Gasteiger partial charge in [-0.1, -0.05) is 25.3 Å². The molecule has 1 amide bonds. The highest BCUT2D eigenvalue weighted by molar-refractivity contribution is 7.92. The highest BCUT2D eigenvalue weighted by atomic mass is 32.2. The minimum Gasteiger partial charge on any atom is -0.348 e. The van der Waals surface area contributed by atoms with Crippen molar-refractivity contribution in [3.05, 3.63) is 29.3 Å². The highest BCUT2D eigenvalue weighted by Crippen LogP contribution is 2.26. The van der Waals surface area contributed by atoms with Crippen molar-refractivity contribution in [1.29, 1.82) is 0 Å².